The molecule has 78 valence electrons. The second-order valence-electron chi connectivity index (χ2n) is 3.66. The first-order valence-corrected chi connectivity index (χ1v) is 4.42. The molecule has 5 heteroatoms. The quantitative estimate of drug-likeness (QED) is 0.739. The van der Waals surface area contributed by atoms with E-state index >= 15 is 0 Å². The van der Waals surface area contributed by atoms with Gasteiger partial charge in [-0.05, 0) is 13.8 Å². The molecule has 0 aliphatic heterocycles. The zero-order valence-corrected chi connectivity index (χ0v) is 8.74. The molecule has 1 aromatic rings. The predicted octanol–water partition coefficient (Wildman–Crippen LogP) is 0.634. The minimum atomic E-state index is -0.181. The Labute approximate surface area is 83.7 Å². The van der Waals surface area contributed by atoms with Gasteiger partial charge >= 0.3 is 0 Å². The third-order valence-electron chi connectivity index (χ3n) is 1.83. The van der Waals surface area contributed by atoms with Gasteiger partial charge in [0.2, 0.25) is 5.88 Å². The predicted molar refractivity (Wildman–Crippen MR) is 55.3 cm³/mol. The molecule has 0 saturated heterocycles. The lowest BCUT2D eigenvalue weighted by atomic mass is 10.1. The van der Waals surface area contributed by atoms with Gasteiger partial charge in [-0.1, -0.05) is 0 Å². The Bertz CT molecular complexity index is 301. The maximum absolute atomic E-state index is 5.59. The molecule has 0 bridgehead atoms. The molecule has 1 heterocycles. The highest BCUT2D eigenvalue weighted by Gasteiger charge is 2.15. The molecule has 0 spiro atoms. The topological polar surface area (TPSA) is 73.1 Å². The molecule has 0 aliphatic rings. The molecular formula is C9H16N4O. The van der Waals surface area contributed by atoms with Gasteiger partial charge in [-0.2, -0.15) is 0 Å². The summed E-state index contributed by atoms with van der Waals surface area (Å²) >= 11 is 0. The van der Waals surface area contributed by atoms with Crippen molar-refractivity contribution in [1.82, 2.24) is 9.97 Å². The third-order valence-corrected chi connectivity index (χ3v) is 1.83. The van der Waals surface area contributed by atoms with Crippen molar-refractivity contribution in [3.63, 3.8) is 0 Å². The molecule has 1 rings (SSSR count). The molecule has 1 aromatic heterocycles. The lowest BCUT2D eigenvalue weighted by Crippen LogP contribution is -2.39. The normalized spacial score (nSPS) is 11.1. The molecule has 0 unspecified atom stereocenters. The standard InChI is InChI=1S/C9H16N4O/c1-9(2,5-10)13-7-4-8(14-3)12-6-11-7/h4,6H,5,10H2,1-3H3,(H,11,12,13). The fraction of sp³-hybridized carbons (Fsp3) is 0.556. The molecule has 5 nitrogen and oxygen atoms in total. The van der Waals surface area contributed by atoms with Crippen LogP contribution in [0, 0.1) is 0 Å². The van der Waals surface area contributed by atoms with Gasteiger partial charge < -0.3 is 15.8 Å². The summed E-state index contributed by atoms with van der Waals surface area (Å²) in [6.07, 6.45) is 1.45. The van der Waals surface area contributed by atoms with Crippen LogP contribution in [0.5, 0.6) is 5.88 Å². The summed E-state index contributed by atoms with van der Waals surface area (Å²) in [5, 5.41) is 3.19. The van der Waals surface area contributed by atoms with E-state index in [0.717, 1.165) is 0 Å². The van der Waals surface area contributed by atoms with Gasteiger partial charge in [-0.25, -0.2) is 9.97 Å². The van der Waals surface area contributed by atoms with Crippen molar-refractivity contribution in [3.05, 3.63) is 12.4 Å². The smallest absolute Gasteiger partial charge is 0.218 e. The van der Waals surface area contributed by atoms with Gasteiger partial charge in [0.15, 0.2) is 0 Å². The summed E-state index contributed by atoms with van der Waals surface area (Å²) in [5.41, 5.74) is 5.41. The monoisotopic (exact) mass is 196 g/mol. The molecule has 0 radical (unpaired) electrons. The first-order chi connectivity index (χ1) is 6.57. The zero-order valence-electron chi connectivity index (χ0n) is 8.74. The van der Waals surface area contributed by atoms with E-state index in [-0.39, 0.29) is 5.54 Å². The SMILES string of the molecule is COc1cc(NC(C)(C)CN)ncn1. The minimum absolute atomic E-state index is 0.181. The number of anilines is 1. The molecule has 3 N–H and O–H groups in total. The number of nitrogens with two attached hydrogens (primary N) is 1. The molecule has 0 fully saturated rings. The summed E-state index contributed by atoms with van der Waals surface area (Å²) in [4.78, 5) is 7.97. The van der Waals surface area contributed by atoms with Crippen LogP contribution in [0.25, 0.3) is 0 Å². The number of aromatic nitrogens is 2. The van der Waals surface area contributed by atoms with Crippen LogP contribution in [0.2, 0.25) is 0 Å². The fourth-order valence-electron chi connectivity index (χ4n) is 0.917. The molecule has 0 aromatic carbocycles. The highest BCUT2D eigenvalue weighted by Crippen LogP contribution is 2.14. The van der Waals surface area contributed by atoms with Crippen LogP contribution in [0.1, 0.15) is 13.8 Å². The first-order valence-electron chi connectivity index (χ1n) is 4.42. The number of ether oxygens (including phenoxy) is 1. The van der Waals surface area contributed by atoms with Crippen molar-refractivity contribution >= 4 is 5.82 Å². The van der Waals surface area contributed by atoms with Crippen LogP contribution in [0.4, 0.5) is 5.82 Å². The number of nitrogens with one attached hydrogen (secondary N) is 1. The molecule has 14 heavy (non-hydrogen) atoms. The van der Waals surface area contributed by atoms with Crippen molar-refractivity contribution in [1.29, 1.82) is 0 Å². The van der Waals surface area contributed by atoms with Crippen LogP contribution < -0.4 is 15.8 Å². The van der Waals surface area contributed by atoms with Crippen molar-refractivity contribution < 1.29 is 4.74 Å². The maximum atomic E-state index is 5.59. The summed E-state index contributed by atoms with van der Waals surface area (Å²) in [7, 11) is 1.57. The second kappa shape index (κ2) is 4.23. The van der Waals surface area contributed by atoms with E-state index in [1.54, 1.807) is 13.2 Å². The van der Waals surface area contributed by atoms with Crippen molar-refractivity contribution in [2.24, 2.45) is 5.73 Å². The van der Waals surface area contributed by atoms with Crippen LogP contribution in [-0.4, -0.2) is 29.2 Å². The zero-order chi connectivity index (χ0) is 10.6. The van der Waals surface area contributed by atoms with Gasteiger partial charge in [0.1, 0.15) is 12.1 Å². The summed E-state index contributed by atoms with van der Waals surface area (Å²) in [6.45, 7) is 4.53. The van der Waals surface area contributed by atoms with E-state index in [9.17, 15) is 0 Å². The maximum Gasteiger partial charge on any atom is 0.218 e. The average molecular weight is 196 g/mol. The highest BCUT2D eigenvalue weighted by atomic mass is 16.5. The van der Waals surface area contributed by atoms with E-state index in [0.29, 0.717) is 18.2 Å². The van der Waals surface area contributed by atoms with Crippen LogP contribution in [0.15, 0.2) is 12.4 Å². The third kappa shape index (κ3) is 2.85. The molecular weight excluding hydrogens is 180 g/mol. The van der Waals surface area contributed by atoms with Gasteiger partial charge in [0.05, 0.1) is 7.11 Å². The first kappa shape index (κ1) is 10.7. The van der Waals surface area contributed by atoms with Gasteiger partial charge in [-0.15, -0.1) is 0 Å². The Hall–Kier alpha value is -1.36. The number of nitrogens with zero attached hydrogens (tertiary/aromatic N) is 2. The fourth-order valence-corrected chi connectivity index (χ4v) is 0.917. The highest BCUT2D eigenvalue weighted by molar-refractivity contribution is 5.39. The van der Waals surface area contributed by atoms with E-state index in [2.05, 4.69) is 15.3 Å². The minimum Gasteiger partial charge on any atom is -0.481 e. The summed E-state index contributed by atoms with van der Waals surface area (Å²) in [6, 6.07) is 1.73. The number of rotatable bonds is 4. The van der Waals surface area contributed by atoms with Gasteiger partial charge in [0, 0.05) is 18.2 Å². The number of hydrogen-bond acceptors (Lipinski definition) is 5. The summed E-state index contributed by atoms with van der Waals surface area (Å²) < 4.78 is 4.98. The lowest BCUT2D eigenvalue weighted by molar-refractivity contribution is 0.397. The lowest BCUT2D eigenvalue weighted by Gasteiger charge is -2.24. The average Bonchev–Trinajstić information content (AvgIpc) is 2.17. The van der Waals surface area contributed by atoms with E-state index < -0.39 is 0 Å². The Morgan fingerprint density at radius 2 is 2.21 bits per heavy atom. The van der Waals surface area contributed by atoms with Gasteiger partial charge in [-0.3, -0.25) is 0 Å². The van der Waals surface area contributed by atoms with Crippen molar-refractivity contribution in [3.8, 4) is 5.88 Å². The Balaban J connectivity index is 2.76. The van der Waals surface area contributed by atoms with E-state index in [1.165, 1.54) is 6.33 Å². The van der Waals surface area contributed by atoms with Crippen molar-refractivity contribution in [2.75, 3.05) is 19.0 Å². The molecule has 0 aliphatic carbocycles. The van der Waals surface area contributed by atoms with Crippen LogP contribution in [0.3, 0.4) is 0 Å². The Morgan fingerprint density at radius 3 is 2.79 bits per heavy atom. The van der Waals surface area contributed by atoms with Gasteiger partial charge in [0.25, 0.3) is 0 Å². The number of hydrogen-bond donors (Lipinski definition) is 2. The largest absolute Gasteiger partial charge is 0.481 e. The Morgan fingerprint density at radius 1 is 1.50 bits per heavy atom. The van der Waals surface area contributed by atoms with E-state index in [1.807, 2.05) is 13.8 Å². The van der Waals surface area contributed by atoms with Crippen LogP contribution in [-0.2, 0) is 0 Å². The van der Waals surface area contributed by atoms with Crippen LogP contribution >= 0.6 is 0 Å². The number of methoxy groups -OCH3 is 1. The van der Waals surface area contributed by atoms with Crippen molar-refractivity contribution in [2.45, 2.75) is 19.4 Å². The molecule has 0 atom stereocenters. The van der Waals surface area contributed by atoms with E-state index in [4.69, 9.17) is 10.5 Å². The molecule has 0 amide bonds. The second-order valence-corrected chi connectivity index (χ2v) is 3.66. The Kier molecular flexibility index (Phi) is 3.24. The molecule has 0 saturated carbocycles. The summed E-state index contributed by atoms with van der Waals surface area (Å²) in [5.74, 6) is 1.25.